The largest absolute Gasteiger partial charge is 0.338 e. The first-order valence-corrected chi connectivity index (χ1v) is 7.57. The van der Waals surface area contributed by atoms with Crippen molar-refractivity contribution in [2.45, 2.75) is 12.8 Å². The Morgan fingerprint density at radius 2 is 2.14 bits per heavy atom. The van der Waals surface area contributed by atoms with Crippen molar-refractivity contribution < 1.29 is 4.79 Å². The number of benzene rings is 1. The van der Waals surface area contributed by atoms with Gasteiger partial charge in [0.15, 0.2) is 0 Å². The monoisotopic (exact) mass is 317 g/mol. The fourth-order valence-corrected chi connectivity index (χ4v) is 2.93. The van der Waals surface area contributed by atoms with Crippen molar-refractivity contribution in [1.29, 1.82) is 0 Å². The molecule has 1 aromatic carbocycles. The topological polar surface area (TPSA) is 66.1 Å². The van der Waals surface area contributed by atoms with Gasteiger partial charge in [-0.05, 0) is 36.5 Å². The predicted octanol–water partition coefficient (Wildman–Crippen LogP) is 2.13. The number of nitrogens with zero attached hydrogens (tertiary/aromatic N) is 2. The van der Waals surface area contributed by atoms with E-state index >= 15 is 0 Å². The number of amides is 1. The number of hydrogen-bond acceptors (Lipinski definition) is 3. The molecule has 2 aromatic rings. The molecule has 1 saturated heterocycles. The molecule has 0 spiro atoms. The molecule has 0 saturated carbocycles. The van der Waals surface area contributed by atoms with Crippen LogP contribution in [0.3, 0.4) is 0 Å². The molecule has 1 atom stereocenters. The summed E-state index contributed by atoms with van der Waals surface area (Å²) in [5.41, 5.74) is 0.929. The second-order valence-electron chi connectivity index (χ2n) is 5.53. The van der Waals surface area contributed by atoms with E-state index in [0.29, 0.717) is 19.0 Å². The van der Waals surface area contributed by atoms with E-state index in [4.69, 9.17) is 11.6 Å². The molecule has 6 heteroatoms. The Morgan fingerprint density at radius 3 is 2.86 bits per heavy atom. The highest BCUT2D eigenvalue weighted by Crippen LogP contribution is 2.22. The molecule has 0 radical (unpaired) electrons. The van der Waals surface area contributed by atoms with Crippen LogP contribution in [-0.2, 0) is 6.42 Å². The van der Waals surface area contributed by atoms with E-state index in [-0.39, 0.29) is 17.0 Å². The third kappa shape index (κ3) is 3.20. The fourth-order valence-electron chi connectivity index (χ4n) is 2.80. The molecule has 0 bridgehead atoms. The molecule has 1 aliphatic heterocycles. The van der Waals surface area contributed by atoms with Crippen LogP contribution in [0, 0.1) is 5.92 Å². The third-order valence-electron chi connectivity index (χ3n) is 3.96. The Kier molecular flexibility index (Phi) is 4.24. The van der Waals surface area contributed by atoms with Crippen LogP contribution < -0.4 is 5.56 Å². The van der Waals surface area contributed by atoms with Gasteiger partial charge in [-0.1, -0.05) is 23.7 Å². The van der Waals surface area contributed by atoms with Crippen molar-refractivity contribution in [1.82, 2.24) is 14.9 Å². The van der Waals surface area contributed by atoms with Crippen LogP contribution in [0.25, 0.3) is 0 Å². The average Bonchev–Trinajstić information content (AvgIpc) is 2.98. The summed E-state index contributed by atoms with van der Waals surface area (Å²) >= 11 is 5.88. The van der Waals surface area contributed by atoms with Crippen molar-refractivity contribution >= 4 is 17.5 Å². The summed E-state index contributed by atoms with van der Waals surface area (Å²) in [7, 11) is 0. The Labute approximate surface area is 132 Å². The zero-order chi connectivity index (χ0) is 15.5. The summed E-state index contributed by atoms with van der Waals surface area (Å²) in [4.78, 5) is 32.0. The normalized spacial score (nSPS) is 17.7. The van der Waals surface area contributed by atoms with E-state index in [0.717, 1.165) is 17.9 Å². The molecule has 1 unspecified atom stereocenters. The lowest BCUT2D eigenvalue weighted by molar-refractivity contribution is 0.0785. The number of halogens is 1. The SMILES string of the molecule is O=C(c1cnc[nH]c1=O)N1CCC(Cc2ccc(Cl)cc2)C1. The second kappa shape index (κ2) is 6.32. The van der Waals surface area contributed by atoms with Crippen LogP contribution in [-0.4, -0.2) is 33.9 Å². The minimum absolute atomic E-state index is 0.106. The van der Waals surface area contributed by atoms with E-state index in [2.05, 4.69) is 9.97 Å². The van der Waals surface area contributed by atoms with Crippen molar-refractivity contribution in [2.24, 2.45) is 5.92 Å². The van der Waals surface area contributed by atoms with E-state index in [1.165, 1.54) is 18.1 Å². The average molecular weight is 318 g/mol. The predicted molar refractivity (Wildman–Crippen MR) is 84.0 cm³/mol. The smallest absolute Gasteiger partial charge is 0.263 e. The second-order valence-corrected chi connectivity index (χ2v) is 5.97. The lowest BCUT2D eigenvalue weighted by Crippen LogP contribution is -2.33. The molecule has 2 heterocycles. The minimum Gasteiger partial charge on any atom is -0.338 e. The van der Waals surface area contributed by atoms with Crippen LogP contribution in [0.5, 0.6) is 0 Å². The molecule has 1 aromatic heterocycles. The standard InChI is InChI=1S/C16H16ClN3O2/c17-13-3-1-11(2-4-13)7-12-5-6-20(9-12)16(22)14-8-18-10-19-15(14)21/h1-4,8,10,12H,5-7,9H2,(H,18,19,21). The number of nitrogens with one attached hydrogen (secondary N) is 1. The first-order valence-electron chi connectivity index (χ1n) is 7.20. The van der Waals surface area contributed by atoms with Crippen LogP contribution in [0.15, 0.2) is 41.6 Å². The van der Waals surface area contributed by atoms with Crippen LogP contribution in [0.1, 0.15) is 22.3 Å². The molecule has 1 N–H and O–H groups in total. The number of hydrogen-bond donors (Lipinski definition) is 1. The van der Waals surface area contributed by atoms with Crippen LogP contribution >= 0.6 is 11.6 Å². The molecule has 5 nitrogen and oxygen atoms in total. The highest BCUT2D eigenvalue weighted by Gasteiger charge is 2.28. The number of carbonyl (C=O) groups is 1. The maximum atomic E-state index is 12.4. The Morgan fingerprint density at radius 1 is 1.36 bits per heavy atom. The Hall–Kier alpha value is -2.14. The summed E-state index contributed by atoms with van der Waals surface area (Å²) in [6.07, 6.45) is 4.46. The first-order chi connectivity index (χ1) is 10.6. The Bertz CT molecular complexity index is 727. The summed E-state index contributed by atoms with van der Waals surface area (Å²) in [6.45, 7) is 1.33. The van der Waals surface area contributed by atoms with E-state index in [1.807, 2.05) is 24.3 Å². The lowest BCUT2D eigenvalue weighted by Gasteiger charge is -2.16. The molecule has 1 fully saturated rings. The molecule has 0 aliphatic carbocycles. The Balaban J connectivity index is 1.65. The molecular formula is C16H16ClN3O2. The summed E-state index contributed by atoms with van der Waals surface area (Å²) in [6, 6.07) is 7.78. The summed E-state index contributed by atoms with van der Waals surface area (Å²) in [5.74, 6) is 0.161. The van der Waals surface area contributed by atoms with Gasteiger partial charge in [0.1, 0.15) is 5.56 Å². The maximum Gasteiger partial charge on any atom is 0.263 e. The van der Waals surface area contributed by atoms with Gasteiger partial charge in [0.25, 0.3) is 11.5 Å². The van der Waals surface area contributed by atoms with Gasteiger partial charge < -0.3 is 9.88 Å². The third-order valence-corrected chi connectivity index (χ3v) is 4.21. The number of H-pyrrole nitrogens is 1. The van der Waals surface area contributed by atoms with E-state index in [9.17, 15) is 9.59 Å². The zero-order valence-corrected chi connectivity index (χ0v) is 12.7. The van der Waals surface area contributed by atoms with Gasteiger partial charge in [0, 0.05) is 24.3 Å². The van der Waals surface area contributed by atoms with E-state index in [1.54, 1.807) is 4.90 Å². The van der Waals surface area contributed by atoms with Gasteiger partial charge in [0.2, 0.25) is 0 Å². The van der Waals surface area contributed by atoms with Crippen LogP contribution in [0.4, 0.5) is 0 Å². The van der Waals surface area contributed by atoms with Gasteiger partial charge in [-0.3, -0.25) is 9.59 Å². The number of aromatic amines is 1. The quantitative estimate of drug-likeness (QED) is 0.943. The van der Waals surface area contributed by atoms with Gasteiger partial charge in [-0.15, -0.1) is 0 Å². The van der Waals surface area contributed by atoms with Gasteiger partial charge in [0.05, 0.1) is 6.33 Å². The maximum absolute atomic E-state index is 12.4. The molecular weight excluding hydrogens is 302 g/mol. The summed E-state index contributed by atoms with van der Waals surface area (Å²) < 4.78 is 0. The van der Waals surface area contributed by atoms with E-state index < -0.39 is 0 Å². The lowest BCUT2D eigenvalue weighted by atomic mass is 9.99. The number of rotatable bonds is 3. The molecule has 1 amide bonds. The molecule has 22 heavy (non-hydrogen) atoms. The fraction of sp³-hybridized carbons (Fsp3) is 0.312. The number of likely N-dealkylation sites (tertiary alicyclic amines) is 1. The van der Waals surface area contributed by atoms with Gasteiger partial charge in [-0.2, -0.15) is 0 Å². The number of carbonyl (C=O) groups excluding carboxylic acids is 1. The van der Waals surface area contributed by atoms with Gasteiger partial charge >= 0.3 is 0 Å². The van der Waals surface area contributed by atoms with Crippen molar-refractivity contribution in [3.05, 3.63) is 63.3 Å². The molecule has 3 rings (SSSR count). The first kappa shape index (κ1) is 14.8. The minimum atomic E-state index is -0.388. The van der Waals surface area contributed by atoms with Crippen molar-refractivity contribution in [3.8, 4) is 0 Å². The molecule has 114 valence electrons. The van der Waals surface area contributed by atoms with Crippen molar-refractivity contribution in [3.63, 3.8) is 0 Å². The summed E-state index contributed by atoms with van der Waals surface area (Å²) in [5, 5.41) is 0.725. The highest BCUT2D eigenvalue weighted by atomic mass is 35.5. The zero-order valence-electron chi connectivity index (χ0n) is 12.0. The molecule has 1 aliphatic rings. The van der Waals surface area contributed by atoms with Crippen LogP contribution in [0.2, 0.25) is 5.02 Å². The van der Waals surface area contributed by atoms with Gasteiger partial charge in [-0.25, -0.2) is 4.98 Å². The number of aromatic nitrogens is 2. The highest BCUT2D eigenvalue weighted by molar-refractivity contribution is 6.30. The van der Waals surface area contributed by atoms with Crippen molar-refractivity contribution in [2.75, 3.05) is 13.1 Å².